The lowest BCUT2D eigenvalue weighted by atomic mass is 10.0. The molecule has 4 nitrogen and oxygen atoms in total. The van der Waals surface area contributed by atoms with E-state index in [9.17, 15) is 18.0 Å². The molecule has 0 radical (unpaired) electrons. The smallest absolute Gasteiger partial charge is 0.402 e. The fourth-order valence-corrected chi connectivity index (χ4v) is 1.31. The lowest BCUT2D eigenvalue weighted by Gasteiger charge is -2.26. The zero-order chi connectivity index (χ0) is 11.5. The summed E-state index contributed by atoms with van der Waals surface area (Å²) in [6, 6.07) is 0. The van der Waals surface area contributed by atoms with Gasteiger partial charge in [0, 0.05) is 0 Å². The van der Waals surface area contributed by atoms with E-state index in [0.29, 0.717) is 6.61 Å². The number of carboxylic acid groups (broad SMARTS) is 1. The van der Waals surface area contributed by atoms with Crippen LogP contribution in [0.15, 0.2) is 0 Å². The molecular formula is C8H11F3O4. The summed E-state index contributed by atoms with van der Waals surface area (Å²) in [6.07, 6.45) is -6.13. The van der Waals surface area contributed by atoms with Crippen LogP contribution in [0, 0.1) is 5.92 Å². The highest BCUT2D eigenvalue weighted by Crippen LogP contribution is 2.31. The van der Waals surface area contributed by atoms with E-state index in [0.717, 1.165) is 0 Å². The van der Waals surface area contributed by atoms with E-state index in [-0.39, 0.29) is 13.2 Å². The van der Waals surface area contributed by atoms with Gasteiger partial charge in [0.1, 0.15) is 0 Å². The molecule has 0 unspecified atom stereocenters. The van der Waals surface area contributed by atoms with Crippen molar-refractivity contribution in [2.75, 3.05) is 19.8 Å². The summed E-state index contributed by atoms with van der Waals surface area (Å²) in [7, 11) is 0. The lowest BCUT2D eigenvalue weighted by Crippen LogP contribution is -2.38. The normalized spacial score (nSPS) is 24.9. The van der Waals surface area contributed by atoms with Crippen molar-refractivity contribution in [1.29, 1.82) is 0 Å². The molecule has 0 saturated carbocycles. The highest BCUT2D eigenvalue weighted by Gasteiger charge is 2.46. The van der Waals surface area contributed by atoms with Crippen molar-refractivity contribution in [3.8, 4) is 0 Å². The number of halogens is 3. The first-order chi connectivity index (χ1) is 6.91. The second-order valence-corrected chi connectivity index (χ2v) is 3.24. The molecule has 1 rings (SSSR count). The van der Waals surface area contributed by atoms with Gasteiger partial charge in [0.25, 0.3) is 0 Å². The van der Waals surface area contributed by atoms with Gasteiger partial charge in [-0.2, -0.15) is 13.2 Å². The molecule has 1 heterocycles. The standard InChI is InChI=1S/C8H11F3O4/c9-8(10,11)6(7(12)13)3-5-4-14-1-2-15-5/h5-6H,1-4H2,(H,12,13)/t5-,6+/m0/s1. The van der Waals surface area contributed by atoms with Gasteiger partial charge in [0.15, 0.2) is 5.92 Å². The molecule has 1 aliphatic heterocycles. The Balaban J connectivity index is 2.54. The van der Waals surface area contributed by atoms with Crippen molar-refractivity contribution in [3.63, 3.8) is 0 Å². The predicted molar refractivity (Wildman–Crippen MR) is 42.4 cm³/mol. The van der Waals surface area contributed by atoms with Gasteiger partial charge in [0.05, 0.1) is 25.9 Å². The minimum absolute atomic E-state index is 0.0137. The Hall–Kier alpha value is -0.820. The fourth-order valence-electron chi connectivity index (χ4n) is 1.31. The fraction of sp³-hybridized carbons (Fsp3) is 0.875. The minimum atomic E-state index is -4.74. The average molecular weight is 228 g/mol. The van der Waals surface area contributed by atoms with Crippen LogP contribution in [0.4, 0.5) is 13.2 Å². The van der Waals surface area contributed by atoms with Gasteiger partial charge >= 0.3 is 12.1 Å². The first-order valence-electron chi connectivity index (χ1n) is 4.40. The van der Waals surface area contributed by atoms with Crippen molar-refractivity contribution < 1.29 is 32.5 Å². The van der Waals surface area contributed by atoms with E-state index in [4.69, 9.17) is 14.6 Å². The summed E-state index contributed by atoms with van der Waals surface area (Å²) >= 11 is 0. The molecule has 0 aromatic heterocycles. The van der Waals surface area contributed by atoms with E-state index < -0.39 is 30.6 Å². The van der Waals surface area contributed by atoms with Crippen LogP contribution in [0.3, 0.4) is 0 Å². The van der Waals surface area contributed by atoms with Gasteiger partial charge in [0.2, 0.25) is 0 Å². The van der Waals surface area contributed by atoms with E-state index in [2.05, 4.69) is 0 Å². The largest absolute Gasteiger partial charge is 0.481 e. The van der Waals surface area contributed by atoms with Crippen LogP contribution in [0.25, 0.3) is 0 Å². The van der Waals surface area contributed by atoms with Gasteiger partial charge < -0.3 is 14.6 Å². The molecule has 0 aromatic carbocycles. The van der Waals surface area contributed by atoms with Crippen LogP contribution in [-0.2, 0) is 14.3 Å². The van der Waals surface area contributed by atoms with Crippen LogP contribution in [0.1, 0.15) is 6.42 Å². The number of hydrogen-bond donors (Lipinski definition) is 1. The maximum Gasteiger partial charge on any atom is 0.402 e. The van der Waals surface area contributed by atoms with Gasteiger partial charge in [-0.05, 0) is 6.42 Å². The molecule has 0 bridgehead atoms. The van der Waals surface area contributed by atoms with E-state index in [1.807, 2.05) is 0 Å². The van der Waals surface area contributed by atoms with Crippen LogP contribution < -0.4 is 0 Å². The van der Waals surface area contributed by atoms with Crippen LogP contribution in [0.2, 0.25) is 0 Å². The molecule has 0 aromatic rings. The van der Waals surface area contributed by atoms with Crippen molar-refractivity contribution in [2.24, 2.45) is 5.92 Å². The Labute approximate surface area is 84.0 Å². The number of rotatable bonds is 3. The molecule has 15 heavy (non-hydrogen) atoms. The maximum absolute atomic E-state index is 12.2. The molecule has 2 atom stereocenters. The average Bonchev–Trinajstić information content (AvgIpc) is 2.13. The zero-order valence-electron chi connectivity index (χ0n) is 7.79. The number of carbonyl (C=O) groups is 1. The molecule has 0 amide bonds. The predicted octanol–water partition coefficient (Wildman–Crippen LogP) is 1.05. The third-order valence-electron chi connectivity index (χ3n) is 2.08. The van der Waals surface area contributed by atoms with Gasteiger partial charge in [-0.1, -0.05) is 0 Å². The topological polar surface area (TPSA) is 55.8 Å². The third-order valence-corrected chi connectivity index (χ3v) is 2.08. The second-order valence-electron chi connectivity index (χ2n) is 3.24. The zero-order valence-corrected chi connectivity index (χ0v) is 7.79. The second kappa shape index (κ2) is 4.80. The number of ether oxygens (including phenoxy) is 2. The Kier molecular flexibility index (Phi) is 3.92. The summed E-state index contributed by atoms with van der Waals surface area (Å²) in [4.78, 5) is 10.4. The molecular weight excluding hydrogens is 217 g/mol. The summed E-state index contributed by atoms with van der Waals surface area (Å²) in [5, 5.41) is 8.42. The SMILES string of the molecule is O=C(O)[C@@H](C[C@H]1COCCO1)C(F)(F)F. The van der Waals surface area contributed by atoms with Crippen molar-refractivity contribution in [1.82, 2.24) is 0 Å². The Morgan fingerprint density at radius 1 is 1.47 bits per heavy atom. The van der Waals surface area contributed by atoms with Gasteiger partial charge in [-0.15, -0.1) is 0 Å². The Morgan fingerprint density at radius 3 is 2.53 bits per heavy atom. The van der Waals surface area contributed by atoms with Crippen LogP contribution >= 0.6 is 0 Å². The van der Waals surface area contributed by atoms with Gasteiger partial charge in [-0.3, -0.25) is 4.79 Å². The summed E-state index contributed by atoms with van der Waals surface area (Å²) in [5.41, 5.74) is 0. The maximum atomic E-state index is 12.2. The highest BCUT2D eigenvalue weighted by atomic mass is 19.4. The molecule has 0 spiro atoms. The van der Waals surface area contributed by atoms with Gasteiger partial charge in [-0.25, -0.2) is 0 Å². The molecule has 1 aliphatic rings. The number of aliphatic carboxylic acids is 1. The Bertz CT molecular complexity index is 222. The molecule has 7 heteroatoms. The van der Waals surface area contributed by atoms with Crippen LogP contribution in [-0.4, -0.2) is 43.2 Å². The molecule has 1 fully saturated rings. The number of carboxylic acids is 1. The summed E-state index contributed by atoms with van der Waals surface area (Å²) in [5.74, 6) is -4.26. The molecule has 88 valence electrons. The highest BCUT2D eigenvalue weighted by molar-refractivity contribution is 5.70. The molecule has 1 N–H and O–H groups in total. The summed E-state index contributed by atoms with van der Waals surface area (Å²) in [6.45, 7) is 0.551. The van der Waals surface area contributed by atoms with Crippen molar-refractivity contribution >= 4 is 5.97 Å². The molecule has 1 saturated heterocycles. The monoisotopic (exact) mass is 228 g/mol. The van der Waals surface area contributed by atoms with Crippen molar-refractivity contribution in [2.45, 2.75) is 18.7 Å². The lowest BCUT2D eigenvalue weighted by molar-refractivity contribution is -0.204. The van der Waals surface area contributed by atoms with Crippen LogP contribution in [0.5, 0.6) is 0 Å². The first-order valence-corrected chi connectivity index (χ1v) is 4.40. The minimum Gasteiger partial charge on any atom is -0.481 e. The van der Waals surface area contributed by atoms with Crippen molar-refractivity contribution in [3.05, 3.63) is 0 Å². The van der Waals surface area contributed by atoms with E-state index >= 15 is 0 Å². The van der Waals surface area contributed by atoms with E-state index in [1.54, 1.807) is 0 Å². The first kappa shape index (κ1) is 12.3. The third kappa shape index (κ3) is 3.67. The summed E-state index contributed by atoms with van der Waals surface area (Å²) < 4.78 is 46.6. The molecule has 0 aliphatic carbocycles. The quantitative estimate of drug-likeness (QED) is 0.784. The number of hydrogen-bond acceptors (Lipinski definition) is 3. The Morgan fingerprint density at radius 2 is 2.13 bits per heavy atom. The van der Waals surface area contributed by atoms with E-state index in [1.165, 1.54) is 0 Å². The number of alkyl halides is 3.